The maximum atomic E-state index is 12.3. The Morgan fingerprint density at radius 2 is 1.93 bits per heavy atom. The third-order valence-electron chi connectivity index (χ3n) is 3.90. The van der Waals surface area contributed by atoms with E-state index < -0.39 is 0 Å². The Bertz CT molecular complexity index is 957. The molecule has 0 bridgehead atoms. The fourth-order valence-corrected chi connectivity index (χ4v) is 3.77. The SMILES string of the molecule is CN(CC(=O)Nc1ccc(Cl)c(Cl)c1)C(=O)CCc1nc2ccccc2s1. The summed E-state index contributed by atoms with van der Waals surface area (Å²) in [5.41, 5.74) is 1.48. The Morgan fingerprint density at radius 1 is 1.15 bits per heavy atom. The number of aryl methyl sites for hydroxylation is 1. The van der Waals surface area contributed by atoms with Gasteiger partial charge >= 0.3 is 0 Å². The summed E-state index contributed by atoms with van der Waals surface area (Å²) < 4.78 is 1.11. The van der Waals surface area contributed by atoms with Gasteiger partial charge in [-0.2, -0.15) is 0 Å². The first-order valence-electron chi connectivity index (χ1n) is 8.25. The summed E-state index contributed by atoms with van der Waals surface area (Å²) in [7, 11) is 1.61. The van der Waals surface area contributed by atoms with Crippen molar-refractivity contribution >= 4 is 62.3 Å². The highest BCUT2D eigenvalue weighted by atomic mass is 35.5. The zero-order valence-corrected chi connectivity index (χ0v) is 16.9. The second kappa shape index (κ2) is 8.69. The van der Waals surface area contributed by atoms with Crippen LogP contribution in [-0.2, 0) is 16.0 Å². The molecule has 0 radical (unpaired) electrons. The number of carbonyl (C=O) groups is 2. The molecule has 0 aliphatic heterocycles. The molecule has 1 N–H and O–H groups in total. The Labute approximate surface area is 170 Å². The minimum absolute atomic E-state index is 0.0427. The maximum Gasteiger partial charge on any atom is 0.243 e. The van der Waals surface area contributed by atoms with E-state index in [4.69, 9.17) is 23.2 Å². The van der Waals surface area contributed by atoms with Crippen LogP contribution in [0.5, 0.6) is 0 Å². The number of nitrogens with one attached hydrogen (secondary N) is 1. The maximum absolute atomic E-state index is 12.3. The number of rotatable bonds is 6. The molecule has 140 valence electrons. The second-order valence-corrected chi connectivity index (χ2v) is 7.93. The normalized spacial score (nSPS) is 10.8. The number of carbonyl (C=O) groups excluding carboxylic acids is 2. The van der Waals surface area contributed by atoms with E-state index in [9.17, 15) is 9.59 Å². The molecule has 1 heterocycles. The lowest BCUT2D eigenvalue weighted by Gasteiger charge is -2.16. The fourth-order valence-electron chi connectivity index (χ4n) is 2.51. The van der Waals surface area contributed by atoms with E-state index in [0.717, 1.165) is 15.2 Å². The number of hydrogen-bond donors (Lipinski definition) is 1. The van der Waals surface area contributed by atoms with Crippen LogP contribution in [0.1, 0.15) is 11.4 Å². The van der Waals surface area contributed by atoms with Gasteiger partial charge in [0.15, 0.2) is 0 Å². The van der Waals surface area contributed by atoms with E-state index >= 15 is 0 Å². The first-order chi connectivity index (χ1) is 12.9. The minimum atomic E-state index is -0.302. The summed E-state index contributed by atoms with van der Waals surface area (Å²) in [6.45, 7) is -0.0427. The van der Waals surface area contributed by atoms with E-state index in [-0.39, 0.29) is 18.4 Å². The molecule has 0 saturated carbocycles. The summed E-state index contributed by atoms with van der Waals surface area (Å²) in [5.74, 6) is -0.414. The second-order valence-electron chi connectivity index (χ2n) is 6.00. The van der Waals surface area contributed by atoms with E-state index in [0.29, 0.717) is 28.6 Å². The molecule has 0 saturated heterocycles. The lowest BCUT2D eigenvalue weighted by molar-refractivity contribution is -0.133. The first-order valence-corrected chi connectivity index (χ1v) is 9.83. The Morgan fingerprint density at radius 3 is 2.67 bits per heavy atom. The molecule has 0 aliphatic carbocycles. The highest BCUT2D eigenvalue weighted by Gasteiger charge is 2.14. The van der Waals surface area contributed by atoms with Crippen LogP contribution in [-0.4, -0.2) is 35.3 Å². The smallest absolute Gasteiger partial charge is 0.243 e. The van der Waals surface area contributed by atoms with E-state index in [1.807, 2.05) is 24.3 Å². The number of para-hydroxylation sites is 1. The number of likely N-dealkylation sites (N-methyl/N-ethyl adjacent to an activating group) is 1. The third-order valence-corrected chi connectivity index (χ3v) is 5.74. The molecule has 0 aliphatic rings. The van der Waals surface area contributed by atoms with Gasteiger partial charge in [0.05, 0.1) is 31.8 Å². The number of thiazole rings is 1. The van der Waals surface area contributed by atoms with Crippen LogP contribution in [0.3, 0.4) is 0 Å². The number of aromatic nitrogens is 1. The van der Waals surface area contributed by atoms with Crippen LogP contribution in [0.2, 0.25) is 10.0 Å². The van der Waals surface area contributed by atoms with Gasteiger partial charge in [-0.1, -0.05) is 35.3 Å². The molecule has 8 heteroatoms. The average Bonchev–Trinajstić information content (AvgIpc) is 3.05. The van der Waals surface area contributed by atoms with Gasteiger partial charge in [0.2, 0.25) is 11.8 Å². The quantitative estimate of drug-likeness (QED) is 0.630. The van der Waals surface area contributed by atoms with Crippen molar-refractivity contribution in [3.63, 3.8) is 0 Å². The van der Waals surface area contributed by atoms with Crippen molar-refractivity contribution in [2.24, 2.45) is 0 Å². The summed E-state index contributed by atoms with van der Waals surface area (Å²) >= 11 is 13.4. The van der Waals surface area contributed by atoms with Gasteiger partial charge in [-0.05, 0) is 30.3 Å². The molecule has 1 aromatic heterocycles. The Kier molecular flexibility index (Phi) is 6.31. The highest BCUT2D eigenvalue weighted by Crippen LogP contribution is 2.25. The fraction of sp³-hybridized carbons (Fsp3) is 0.211. The lowest BCUT2D eigenvalue weighted by atomic mass is 10.3. The zero-order chi connectivity index (χ0) is 19.4. The molecule has 0 spiro atoms. The molecule has 0 atom stereocenters. The molecule has 5 nitrogen and oxygen atoms in total. The van der Waals surface area contributed by atoms with Gasteiger partial charge in [-0.3, -0.25) is 9.59 Å². The van der Waals surface area contributed by atoms with Crippen LogP contribution in [0, 0.1) is 0 Å². The lowest BCUT2D eigenvalue weighted by Crippen LogP contribution is -2.35. The van der Waals surface area contributed by atoms with E-state index in [2.05, 4.69) is 10.3 Å². The monoisotopic (exact) mass is 421 g/mol. The third kappa shape index (κ3) is 5.19. The van der Waals surface area contributed by atoms with E-state index in [1.165, 1.54) is 4.90 Å². The molecule has 3 aromatic rings. The van der Waals surface area contributed by atoms with Crippen molar-refractivity contribution in [1.29, 1.82) is 0 Å². The van der Waals surface area contributed by atoms with Gasteiger partial charge in [-0.15, -0.1) is 11.3 Å². The molecule has 3 rings (SSSR count). The number of hydrogen-bond acceptors (Lipinski definition) is 4. The molecule has 0 fully saturated rings. The van der Waals surface area contributed by atoms with Gasteiger partial charge in [0.1, 0.15) is 0 Å². The summed E-state index contributed by atoms with van der Waals surface area (Å²) in [6, 6.07) is 12.7. The number of benzene rings is 2. The molecular formula is C19H17Cl2N3O2S. The van der Waals surface area contributed by atoms with Gasteiger partial charge in [0, 0.05) is 25.6 Å². The largest absolute Gasteiger partial charge is 0.336 e. The van der Waals surface area contributed by atoms with Crippen molar-refractivity contribution in [2.45, 2.75) is 12.8 Å². The first kappa shape index (κ1) is 19.6. The Balaban J connectivity index is 1.50. The molecule has 2 aromatic carbocycles. The molecular weight excluding hydrogens is 405 g/mol. The predicted octanol–water partition coefficient (Wildman–Crippen LogP) is 4.63. The van der Waals surface area contributed by atoms with Crippen molar-refractivity contribution in [3.05, 3.63) is 57.5 Å². The molecule has 2 amide bonds. The number of amides is 2. The van der Waals surface area contributed by atoms with Crippen molar-refractivity contribution in [3.8, 4) is 0 Å². The van der Waals surface area contributed by atoms with Crippen LogP contribution in [0.15, 0.2) is 42.5 Å². The predicted molar refractivity (Wildman–Crippen MR) is 111 cm³/mol. The topological polar surface area (TPSA) is 62.3 Å². The van der Waals surface area contributed by atoms with Crippen molar-refractivity contribution in [1.82, 2.24) is 9.88 Å². The molecule has 0 unspecified atom stereocenters. The van der Waals surface area contributed by atoms with Crippen LogP contribution >= 0.6 is 34.5 Å². The average molecular weight is 422 g/mol. The zero-order valence-electron chi connectivity index (χ0n) is 14.5. The Hall–Kier alpha value is -2.15. The van der Waals surface area contributed by atoms with E-state index in [1.54, 1.807) is 36.6 Å². The summed E-state index contributed by atoms with van der Waals surface area (Å²) in [4.78, 5) is 30.4. The van der Waals surface area contributed by atoms with Crippen molar-refractivity contribution < 1.29 is 9.59 Å². The van der Waals surface area contributed by atoms with Gasteiger partial charge < -0.3 is 10.2 Å². The number of halogens is 2. The van der Waals surface area contributed by atoms with Crippen LogP contribution in [0.25, 0.3) is 10.2 Å². The van der Waals surface area contributed by atoms with Gasteiger partial charge in [0.25, 0.3) is 0 Å². The van der Waals surface area contributed by atoms with Crippen molar-refractivity contribution in [2.75, 3.05) is 18.9 Å². The summed E-state index contributed by atoms with van der Waals surface area (Å²) in [5, 5.41) is 4.39. The standard InChI is InChI=1S/C19H17Cl2N3O2S/c1-24(11-17(25)22-12-6-7-13(20)14(21)10-12)19(26)9-8-18-23-15-4-2-3-5-16(15)27-18/h2-7,10H,8-9,11H2,1H3,(H,22,25). The number of nitrogens with zero attached hydrogens (tertiary/aromatic N) is 2. The number of fused-ring (bicyclic) bond motifs is 1. The molecule has 27 heavy (non-hydrogen) atoms. The number of anilines is 1. The summed E-state index contributed by atoms with van der Waals surface area (Å²) in [6.07, 6.45) is 0.854. The minimum Gasteiger partial charge on any atom is -0.336 e. The van der Waals surface area contributed by atoms with Crippen LogP contribution in [0.4, 0.5) is 5.69 Å². The highest BCUT2D eigenvalue weighted by molar-refractivity contribution is 7.18. The van der Waals surface area contributed by atoms with Gasteiger partial charge in [-0.25, -0.2) is 4.98 Å². The van der Waals surface area contributed by atoms with Crippen LogP contribution < -0.4 is 5.32 Å².